The second kappa shape index (κ2) is 6.23. The van der Waals surface area contributed by atoms with Crippen molar-refractivity contribution >= 4 is 11.4 Å². The number of halogens is 2. The Morgan fingerprint density at radius 2 is 1.86 bits per heavy atom. The predicted octanol–water partition coefficient (Wildman–Crippen LogP) is 3.45. The van der Waals surface area contributed by atoms with Gasteiger partial charge in [-0.25, -0.2) is 8.78 Å². The Morgan fingerprint density at radius 1 is 1.19 bits per heavy atom. The second-order valence-corrected chi connectivity index (χ2v) is 4.66. The molecule has 0 fully saturated rings. The fraction of sp³-hybridized carbons (Fsp3) is 0.188. The number of nitrogens with two attached hydrogens (primary N) is 1. The highest BCUT2D eigenvalue weighted by Gasteiger charge is 2.17. The zero-order valence-corrected chi connectivity index (χ0v) is 11.6. The van der Waals surface area contributed by atoms with E-state index in [0.29, 0.717) is 18.8 Å². The molecule has 0 heterocycles. The SMILES string of the molecule is CCN(Cc1cccc(N)c1)c1c(F)cc(C#N)cc1F. The standard InChI is InChI=1S/C16H15F2N3/c1-2-21(10-11-4-3-5-13(20)6-11)16-14(17)7-12(9-19)8-15(16)18/h3-8H,2,10,20H2,1H3. The number of nitrogens with zero attached hydrogens (tertiary/aromatic N) is 2. The van der Waals surface area contributed by atoms with Crippen molar-refractivity contribution in [1.82, 2.24) is 0 Å². The van der Waals surface area contributed by atoms with Crippen LogP contribution in [-0.4, -0.2) is 6.54 Å². The van der Waals surface area contributed by atoms with Gasteiger partial charge in [0.1, 0.15) is 5.69 Å². The van der Waals surface area contributed by atoms with E-state index < -0.39 is 11.6 Å². The normalized spacial score (nSPS) is 10.2. The third-order valence-electron chi connectivity index (χ3n) is 3.17. The Labute approximate surface area is 122 Å². The lowest BCUT2D eigenvalue weighted by Gasteiger charge is -2.24. The number of hydrogen-bond donors (Lipinski definition) is 1. The molecule has 2 N–H and O–H groups in total. The lowest BCUT2D eigenvalue weighted by Crippen LogP contribution is -2.24. The molecule has 0 bridgehead atoms. The summed E-state index contributed by atoms with van der Waals surface area (Å²) in [4.78, 5) is 1.57. The van der Waals surface area contributed by atoms with Gasteiger partial charge in [0.2, 0.25) is 0 Å². The average Bonchev–Trinajstić information content (AvgIpc) is 2.45. The molecule has 0 amide bonds. The zero-order chi connectivity index (χ0) is 15.4. The highest BCUT2D eigenvalue weighted by molar-refractivity contribution is 5.53. The highest BCUT2D eigenvalue weighted by Crippen LogP contribution is 2.26. The third kappa shape index (κ3) is 3.29. The lowest BCUT2D eigenvalue weighted by molar-refractivity contribution is 0.570. The van der Waals surface area contributed by atoms with Crippen molar-refractivity contribution in [3.05, 3.63) is 59.2 Å². The fourth-order valence-corrected chi connectivity index (χ4v) is 2.19. The first-order valence-electron chi connectivity index (χ1n) is 6.53. The van der Waals surface area contributed by atoms with Crippen LogP contribution in [-0.2, 0) is 6.54 Å². The molecular formula is C16H15F2N3. The Balaban J connectivity index is 2.36. The van der Waals surface area contributed by atoms with Crippen molar-refractivity contribution in [3.8, 4) is 6.07 Å². The summed E-state index contributed by atoms with van der Waals surface area (Å²) in [6.07, 6.45) is 0. The van der Waals surface area contributed by atoms with Crippen molar-refractivity contribution in [2.75, 3.05) is 17.2 Å². The summed E-state index contributed by atoms with van der Waals surface area (Å²) in [5.74, 6) is -1.48. The molecule has 0 atom stereocenters. The molecule has 108 valence electrons. The van der Waals surface area contributed by atoms with Crippen molar-refractivity contribution < 1.29 is 8.78 Å². The maximum Gasteiger partial charge on any atom is 0.150 e. The number of rotatable bonds is 4. The molecule has 2 aromatic carbocycles. The van der Waals surface area contributed by atoms with Crippen LogP contribution in [0.15, 0.2) is 36.4 Å². The van der Waals surface area contributed by atoms with Gasteiger partial charge in [-0.05, 0) is 36.8 Å². The maximum absolute atomic E-state index is 14.1. The van der Waals surface area contributed by atoms with Crippen LogP contribution in [0.2, 0.25) is 0 Å². The van der Waals surface area contributed by atoms with E-state index in [1.807, 2.05) is 13.0 Å². The smallest absolute Gasteiger partial charge is 0.150 e. The van der Waals surface area contributed by atoms with Gasteiger partial charge in [0.25, 0.3) is 0 Å². The van der Waals surface area contributed by atoms with Crippen LogP contribution in [0.4, 0.5) is 20.2 Å². The summed E-state index contributed by atoms with van der Waals surface area (Å²) in [5.41, 5.74) is 7.01. The molecule has 0 spiro atoms. The van der Waals surface area contributed by atoms with Gasteiger partial charge in [0.05, 0.1) is 11.6 Å². The summed E-state index contributed by atoms with van der Waals surface area (Å²) in [5, 5.41) is 8.73. The van der Waals surface area contributed by atoms with Gasteiger partial charge in [0, 0.05) is 18.8 Å². The molecule has 0 radical (unpaired) electrons. The number of hydrogen-bond acceptors (Lipinski definition) is 3. The van der Waals surface area contributed by atoms with Crippen LogP contribution in [0.25, 0.3) is 0 Å². The molecule has 5 heteroatoms. The molecule has 21 heavy (non-hydrogen) atoms. The third-order valence-corrected chi connectivity index (χ3v) is 3.17. The van der Waals surface area contributed by atoms with E-state index in [4.69, 9.17) is 11.0 Å². The Bertz CT molecular complexity index is 669. The van der Waals surface area contributed by atoms with Gasteiger partial charge in [-0.1, -0.05) is 12.1 Å². The van der Waals surface area contributed by atoms with Gasteiger partial charge in [-0.2, -0.15) is 5.26 Å². The molecule has 2 aromatic rings. The molecule has 2 rings (SSSR count). The molecule has 0 aliphatic carbocycles. The number of nitrogen functional groups attached to an aromatic ring is 1. The van der Waals surface area contributed by atoms with Crippen molar-refractivity contribution in [3.63, 3.8) is 0 Å². The van der Waals surface area contributed by atoms with Crippen LogP contribution in [0, 0.1) is 23.0 Å². The molecular weight excluding hydrogens is 272 g/mol. The molecule has 3 nitrogen and oxygen atoms in total. The number of benzene rings is 2. The van der Waals surface area contributed by atoms with Crippen LogP contribution >= 0.6 is 0 Å². The maximum atomic E-state index is 14.1. The first-order valence-corrected chi connectivity index (χ1v) is 6.53. The number of nitriles is 1. The quantitative estimate of drug-likeness (QED) is 0.876. The van der Waals surface area contributed by atoms with Gasteiger partial charge in [-0.15, -0.1) is 0 Å². The molecule has 0 aliphatic heterocycles. The monoisotopic (exact) mass is 287 g/mol. The minimum Gasteiger partial charge on any atom is -0.399 e. The summed E-state index contributed by atoms with van der Waals surface area (Å²) in [6, 6.07) is 11.0. The molecule has 0 unspecified atom stereocenters. The van der Waals surface area contributed by atoms with Gasteiger partial charge < -0.3 is 10.6 Å². The highest BCUT2D eigenvalue weighted by atomic mass is 19.1. The van der Waals surface area contributed by atoms with Crippen LogP contribution < -0.4 is 10.6 Å². The summed E-state index contributed by atoms with van der Waals surface area (Å²) in [6.45, 7) is 2.57. The summed E-state index contributed by atoms with van der Waals surface area (Å²) < 4.78 is 28.1. The van der Waals surface area contributed by atoms with E-state index in [-0.39, 0.29) is 11.3 Å². The topological polar surface area (TPSA) is 53.0 Å². The minimum atomic E-state index is -0.739. The second-order valence-electron chi connectivity index (χ2n) is 4.66. The minimum absolute atomic E-state index is 0.0336. The van der Waals surface area contributed by atoms with E-state index in [2.05, 4.69) is 0 Å². The van der Waals surface area contributed by atoms with Crippen LogP contribution in [0.5, 0.6) is 0 Å². The summed E-state index contributed by atoms with van der Waals surface area (Å²) >= 11 is 0. The Kier molecular flexibility index (Phi) is 4.39. The van der Waals surface area contributed by atoms with Gasteiger partial charge in [-0.3, -0.25) is 0 Å². The van der Waals surface area contributed by atoms with E-state index in [1.54, 1.807) is 29.2 Å². The van der Waals surface area contributed by atoms with Crippen molar-refractivity contribution in [2.24, 2.45) is 0 Å². The van der Waals surface area contributed by atoms with Crippen LogP contribution in [0.1, 0.15) is 18.1 Å². The molecule has 0 aromatic heterocycles. The molecule has 0 aliphatic rings. The number of anilines is 2. The summed E-state index contributed by atoms with van der Waals surface area (Å²) in [7, 11) is 0. The lowest BCUT2D eigenvalue weighted by atomic mass is 10.1. The average molecular weight is 287 g/mol. The van der Waals surface area contributed by atoms with Crippen LogP contribution in [0.3, 0.4) is 0 Å². The van der Waals surface area contributed by atoms with Gasteiger partial charge >= 0.3 is 0 Å². The van der Waals surface area contributed by atoms with Crippen molar-refractivity contribution in [2.45, 2.75) is 13.5 Å². The van der Waals surface area contributed by atoms with E-state index in [9.17, 15) is 8.78 Å². The van der Waals surface area contributed by atoms with E-state index in [0.717, 1.165) is 17.7 Å². The van der Waals surface area contributed by atoms with Crippen molar-refractivity contribution in [1.29, 1.82) is 5.26 Å². The zero-order valence-electron chi connectivity index (χ0n) is 11.6. The first-order chi connectivity index (χ1) is 10.0. The van der Waals surface area contributed by atoms with E-state index in [1.165, 1.54) is 0 Å². The van der Waals surface area contributed by atoms with E-state index >= 15 is 0 Å². The van der Waals surface area contributed by atoms with Gasteiger partial charge in [0.15, 0.2) is 11.6 Å². The predicted molar refractivity (Wildman–Crippen MR) is 78.7 cm³/mol. The fourth-order valence-electron chi connectivity index (χ4n) is 2.19. The molecule has 0 saturated heterocycles. The first kappa shape index (κ1) is 14.8. The molecule has 0 saturated carbocycles. The Morgan fingerprint density at radius 3 is 2.38 bits per heavy atom. The Hall–Kier alpha value is -2.61. The largest absolute Gasteiger partial charge is 0.399 e.